The van der Waals surface area contributed by atoms with E-state index in [4.69, 9.17) is 0 Å². The molecule has 0 amide bonds. The van der Waals surface area contributed by atoms with Gasteiger partial charge in [0.25, 0.3) is 0 Å². The number of rotatable bonds is 5. The lowest BCUT2D eigenvalue weighted by Crippen LogP contribution is -2.19. The quantitative estimate of drug-likeness (QED) is 0.812. The van der Waals surface area contributed by atoms with Gasteiger partial charge in [-0.3, -0.25) is 0 Å². The molecule has 0 saturated heterocycles. The van der Waals surface area contributed by atoms with E-state index in [1.165, 1.54) is 11.1 Å². The molecule has 0 heterocycles. The van der Waals surface area contributed by atoms with Gasteiger partial charge in [0.05, 0.1) is 0 Å². The van der Waals surface area contributed by atoms with Crippen LogP contribution in [0.15, 0.2) is 22.7 Å². The first-order chi connectivity index (χ1) is 7.13. The lowest BCUT2D eigenvalue weighted by Gasteiger charge is -2.17. The summed E-state index contributed by atoms with van der Waals surface area (Å²) in [4.78, 5) is 2.34. The second kappa shape index (κ2) is 6.56. The summed E-state index contributed by atoms with van der Waals surface area (Å²) in [5.41, 5.74) is 2.75. The molecule has 1 nitrogen and oxygen atoms in total. The highest BCUT2D eigenvalue weighted by Gasteiger charge is 2.03. The molecule has 0 saturated carbocycles. The van der Waals surface area contributed by atoms with Crippen molar-refractivity contribution in [3.63, 3.8) is 0 Å². The SMILES string of the molecule is Cc1ccc(Br)cc1CN(C)CCCS. The Balaban J connectivity index is 2.59. The maximum atomic E-state index is 4.22. The summed E-state index contributed by atoms with van der Waals surface area (Å²) in [5, 5.41) is 0. The first-order valence-corrected chi connectivity index (χ1v) is 6.60. The minimum absolute atomic E-state index is 0.960. The summed E-state index contributed by atoms with van der Waals surface area (Å²) in [6.07, 6.45) is 1.15. The van der Waals surface area contributed by atoms with Crippen LogP contribution in [0.2, 0.25) is 0 Å². The van der Waals surface area contributed by atoms with Gasteiger partial charge in [0.15, 0.2) is 0 Å². The molecule has 0 aromatic heterocycles. The summed E-state index contributed by atoms with van der Waals surface area (Å²) in [6, 6.07) is 6.45. The first kappa shape index (κ1) is 13.1. The van der Waals surface area contributed by atoms with E-state index in [9.17, 15) is 0 Å². The van der Waals surface area contributed by atoms with Crippen molar-refractivity contribution in [3.8, 4) is 0 Å². The van der Waals surface area contributed by atoms with E-state index in [0.717, 1.165) is 29.7 Å². The van der Waals surface area contributed by atoms with Crippen molar-refractivity contribution < 1.29 is 0 Å². The molecule has 84 valence electrons. The van der Waals surface area contributed by atoms with Gasteiger partial charge in [-0.15, -0.1) is 0 Å². The van der Waals surface area contributed by atoms with E-state index in [-0.39, 0.29) is 0 Å². The monoisotopic (exact) mass is 287 g/mol. The topological polar surface area (TPSA) is 3.24 Å². The van der Waals surface area contributed by atoms with E-state index in [1.54, 1.807) is 0 Å². The Morgan fingerprint density at radius 2 is 2.13 bits per heavy atom. The number of hydrogen-bond acceptors (Lipinski definition) is 2. The Hall–Kier alpha value is 0.01000. The zero-order valence-corrected chi connectivity index (χ0v) is 11.8. The molecule has 0 aliphatic heterocycles. The molecule has 0 aliphatic carbocycles. The molecule has 0 aliphatic rings. The lowest BCUT2D eigenvalue weighted by atomic mass is 10.1. The fourth-order valence-electron chi connectivity index (χ4n) is 1.52. The molecule has 0 bridgehead atoms. The van der Waals surface area contributed by atoms with Crippen molar-refractivity contribution >= 4 is 28.6 Å². The molecule has 1 aromatic rings. The standard InChI is InChI=1S/C12H18BrNS/c1-10-4-5-12(13)8-11(10)9-14(2)6-3-7-15/h4-5,8,15H,3,6-7,9H2,1-2H3. The molecule has 1 aromatic carbocycles. The lowest BCUT2D eigenvalue weighted by molar-refractivity contribution is 0.328. The second-order valence-electron chi connectivity index (χ2n) is 3.89. The van der Waals surface area contributed by atoms with Crippen molar-refractivity contribution in [2.24, 2.45) is 0 Å². The summed E-state index contributed by atoms with van der Waals surface area (Å²) in [5.74, 6) is 0.960. The largest absolute Gasteiger partial charge is 0.302 e. The van der Waals surface area contributed by atoms with Gasteiger partial charge >= 0.3 is 0 Å². The third kappa shape index (κ3) is 4.58. The molecule has 0 atom stereocenters. The Labute approximate surface area is 106 Å². The van der Waals surface area contributed by atoms with Gasteiger partial charge in [-0.1, -0.05) is 22.0 Å². The van der Waals surface area contributed by atoms with Gasteiger partial charge < -0.3 is 4.90 Å². The van der Waals surface area contributed by atoms with E-state index in [1.807, 2.05) is 0 Å². The Morgan fingerprint density at radius 3 is 2.80 bits per heavy atom. The summed E-state index contributed by atoms with van der Waals surface area (Å²) < 4.78 is 1.16. The highest BCUT2D eigenvalue weighted by atomic mass is 79.9. The number of thiol groups is 1. The number of nitrogens with zero attached hydrogens (tertiary/aromatic N) is 1. The van der Waals surface area contributed by atoms with Crippen LogP contribution in [0, 0.1) is 6.92 Å². The van der Waals surface area contributed by atoms with Gasteiger partial charge in [0.1, 0.15) is 0 Å². The molecule has 15 heavy (non-hydrogen) atoms. The zero-order chi connectivity index (χ0) is 11.3. The average Bonchev–Trinajstić information content (AvgIpc) is 2.20. The smallest absolute Gasteiger partial charge is 0.0233 e. The fraction of sp³-hybridized carbons (Fsp3) is 0.500. The van der Waals surface area contributed by atoms with Crippen molar-refractivity contribution in [2.45, 2.75) is 19.9 Å². The summed E-state index contributed by atoms with van der Waals surface area (Å²) in [7, 11) is 2.16. The Kier molecular flexibility index (Phi) is 5.72. The maximum Gasteiger partial charge on any atom is 0.0233 e. The predicted molar refractivity (Wildman–Crippen MR) is 73.7 cm³/mol. The minimum Gasteiger partial charge on any atom is -0.302 e. The van der Waals surface area contributed by atoms with Gasteiger partial charge in [0.2, 0.25) is 0 Å². The number of halogens is 1. The predicted octanol–water partition coefficient (Wildman–Crippen LogP) is 3.51. The van der Waals surface area contributed by atoms with E-state index < -0.39 is 0 Å². The van der Waals surface area contributed by atoms with Crippen LogP contribution in [-0.4, -0.2) is 24.2 Å². The normalized spacial score (nSPS) is 11.0. The van der Waals surface area contributed by atoms with Crippen molar-refractivity contribution in [2.75, 3.05) is 19.3 Å². The van der Waals surface area contributed by atoms with Gasteiger partial charge in [0, 0.05) is 11.0 Å². The second-order valence-corrected chi connectivity index (χ2v) is 5.25. The van der Waals surface area contributed by atoms with Crippen molar-refractivity contribution in [1.82, 2.24) is 4.90 Å². The van der Waals surface area contributed by atoms with Crippen LogP contribution in [0.25, 0.3) is 0 Å². The van der Waals surface area contributed by atoms with Gasteiger partial charge in [-0.25, -0.2) is 0 Å². The molecule has 3 heteroatoms. The van der Waals surface area contributed by atoms with Crippen LogP contribution >= 0.6 is 28.6 Å². The highest BCUT2D eigenvalue weighted by molar-refractivity contribution is 9.10. The minimum atomic E-state index is 0.960. The van der Waals surface area contributed by atoms with Crippen LogP contribution in [-0.2, 0) is 6.54 Å². The van der Waals surface area contributed by atoms with Crippen LogP contribution in [0.5, 0.6) is 0 Å². The Bertz CT molecular complexity index is 314. The summed E-state index contributed by atoms with van der Waals surface area (Å²) in [6.45, 7) is 4.28. The maximum absolute atomic E-state index is 4.22. The van der Waals surface area contributed by atoms with Gasteiger partial charge in [-0.05, 0) is 55.9 Å². The third-order valence-corrected chi connectivity index (χ3v) is 3.26. The van der Waals surface area contributed by atoms with E-state index >= 15 is 0 Å². The van der Waals surface area contributed by atoms with Crippen LogP contribution in [0.1, 0.15) is 17.5 Å². The number of aryl methyl sites for hydroxylation is 1. The molecule has 0 spiro atoms. The fourth-order valence-corrected chi connectivity index (χ4v) is 2.07. The van der Waals surface area contributed by atoms with Crippen molar-refractivity contribution in [1.29, 1.82) is 0 Å². The van der Waals surface area contributed by atoms with Crippen LogP contribution in [0.3, 0.4) is 0 Å². The molecule has 0 fully saturated rings. The molecule has 1 rings (SSSR count). The average molecular weight is 288 g/mol. The Morgan fingerprint density at radius 1 is 1.40 bits per heavy atom. The van der Waals surface area contributed by atoms with Crippen LogP contribution < -0.4 is 0 Å². The molecule has 0 radical (unpaired) electrons. The number of hydrogen-bond donors (Lipinski definition) is 1. The first-order valence-electron chi connectivity index (χ1n) is 5.18. The zero-order valence-electron chi connectivity index (χ0n) is 9.33. The molecular formula is C12H18BrNS. The number of benzene rings is 1. The van der Waals surface area contributed by atoms with E-state index in [2.05, 4.69) is 65.6 Å². The summed E-state index contributed by atoms with van der Waals surface area (Å²) >= 11 is 7.73. The molecule has 0 N–H and O–H groups in total. The van der Waals surface area contributed by atoms with Gasteiger partial charge in [-0.2, -0.15) is 12.6 Å². The molecular weight excluding hydrogens is 270 g/mol. The third-order valence-electron chi connectivity index (χ3n) is 2.45. The highest BCUT2D eigenvalue weighted by Crippen LogP contribution is 2.17. The van der Waals surface area contributed by atoms with Crippen LogP contribution in [0.4, 0.5) is 0 Å². The van der Waals surface area contributed by atoms with Crippen molar-refractivity contribution in [3.05, 3.63) is 33.8 Å². The molecule has 0 unspecified atom stereocenters. The van der Waals surface area contributed by atoms with E-state index in [0.29, 0.717) is 0 Å².